The molecular weight excluding hydrogens is 573 g/mol. The molecule has 0 unspecified atom stereocenters. The first-order chi connectivity index (χ1) is 21.4. The molecule has 0 bridgehead atoms. The summed E-state index contributed by atoms with van der Waals surface area (Å²) in [6.45, 7) is 11.9. The number of nitrogens with one attached hydrogen (secondary N) is 1. The topological polar surface area (TPSA) is 101 Å². The molecule has 0 spiro atoms. The van der Waals surface area contributed by atoms with Crippen molar-refractivity contribution >= 4 is 40.0 Å². The SMILES string of the molecule is CC(C)N(C(=O)CN1CCN(C(=O)OC(C)(C)C)CC1)c1ccc(N=C(c2ccccc2)c2c(O)[nH]c3cc(F)ccc23)cc1. The first-order valence-corrected chi connectivity index (χ1v) is 15.2. The smallest absolute Gasteiger partial charge is 0.410 e. The summed E-state index contributed by atoms with van der Waals surface area (Å²) in [4.78, 5) is 39.3. The zero-order valence-corrected chi connectivity index (χ0v) is 26.4. The number of nitrogens with zero attached hydrogens (tertiary/aromatic N) is 4. The third-order valence-corrected chi connectivity index (χ3v) is 7.56. The van der Waals surface area contributed by atoms with Gasteiger partial charge in [0.25, 0.3) is 0 Å². The van der Waals surface area contributed by atoms with Gasteiger partial charge < -0.3 is 24.6 Å². The average molecular weight is 614 g/mol. The van der Waals surface area contributed by atoms with Gasteiger partial charge in [-0.2, -0.15) is 0 Å². The normalized spacial score (nSPS) is 14.6. The number of carbonyl (C=O) groups excluding carboxylic acids is 2. The summed E-state index contributed by atoms with van der Waals surface area (Å²) in [7, 11) is 0. The Hall–Kier alpha value is -4.70. The molecule has 5 rings (SSSR count). The number of aromatic nitrogens is 1. The van der Waals surface area contributed by atoms with Gasteiger partial charge in [0.05, 0.1) is 29.0 Å². The predicted octanol–water partition coefficient (Wildman–Crippen LogP) is 6.48. The van der Waals surface area contributed by atoms with E-state index in [2.05, 4.69) is 9.88 Å². The van der Waals surface area contributed by atoms with Gasteiger partial charge in [-0.1, -0.05) is 30.3 Å². The van der Waals surface area contributed by atoms with Crippen molar-refractivity contribution in [3.63, 3.8) is 0 Å². The van der Waals surface area contributed by atoms with Crippen molar-refractivity contribution in [2.24, 2.45) is 4.99 Å². The van der Waals surface area contributed by atoms with Crippen molar-refractivity contribution in [2.75, 3.05) is 37.6 Å². The number of carbonyl (C=O) groups is 2. The van der Waals surface area contributed by atoms with Gasteiger partial charge in [0, 0.05) is 48.9 Å². The number of amides is 2. The highest BCUT2D eigenvalue weighted by atomic mass is 19.1. The van der Waals surface area contributed by atoms with Crippen LogP contribution in [0.5, 0.6) is 5.88 Å². The number of anilines is 1. The summed E-state index contributed by atoms with van der Waals surface area (Å²) in [5, 5.41) is 11.5. The molecule has 2 heterocycles. The zero-order chi connectivity index (χ0) is 32.3. The van der Waals surface area contributed by atoms with Crippen LogP contribution in [0.3, 0.4) is 0 Å². The minimum atomic E-state index is -0.551. The molecule has 10 heteroatoms. The molecule has 9 nitrogen and oxygen atoms in total. The molecule has 0 aliphatic carbocycles. The van der Waals surface area contributed by atoms with Gasteiger partial charge >= 0.3 is 6.09 Å². The highest BCUT2D eigenvalue weighted by Crippen LogP contribution is 2.32. The van der Waals surface area contributed by atoms with E-state index in [1.54, 1.807) is 15.9 Å². The second kappa shape index (κ2) is 13.1. The van der Waals surface area contributed by atoms with Gasteiger partial charge in [0.15, 0.2) is 5.88 Å². The van der Waals surface area contributed by atoms with Crippen molar-refractivity contribution in [3.8, 4) is 5.88 Å². The maximum Gasteiger partial charge on any atom is 0.410 e. The standard InChI is InChI=1S/C35H40FN5O4/c1-23(2)41(30(42)22-39-17-19-40(20-18-39)34(44)45-35(3,4)5)27-14-12-26(13-15-27)37-32(24-9-7-6-8-10-24)31-28-16-11-25(36)21-29(28)38-33(31)43/h6-16,21,23,38,43H,17-20,22H2,1-5H3. The van der Waals surface area contributed by atoms with Crippen LogP contribution in [0, 0.1) is 5.82 Å². The fraction of sp³-hybridized carbons (Fsp3) is 0.343. The Morgan fingerprint density at radius 2 is 1.67 bits per heavy atom. The van der Waals surface area contributed by atoms with E-state index in [1.165, 1.54) is 12.1 Å². The Bertz CT molecular complexity index is 1690. The van der Waals surface area contributed by atoms with Crippen LogP contribution in [0.15, 0.2) is 77.8 Å². The van der Waals surface area contributed by atoms with Gasteiger partial charge in [-0.25, -0.2) is 14.2 Å². The van der Waals surface area contributed by atoms with E-state index in [0.29, 0.717) is 54.0 Å². The third-order valence-electron chi connectivity index (χ3n) is 7.56. The summed E-state index contributed by atoms with van der Waals surface area (Å²) < 4.78 is 19.4. The highest BCUT2D eigenvalue weighted by Gasteiger charge is 2.28. The molecule has 1 aliphatic heterocycles. The van der Waals surface area contributed by atoms with E-state index in [1.807, 2.05) is 89.2 Å². The Morgan fingerprint density at radius 3 is 2.29 bits per heavy atom. The van der Waals surface area contributed by atoms with E-state index in [4.69, 9.17) is 9.73 Å². The van der Waals surface area contributed by atoms with Crippen LogP contribution in [0.1, 0.15) is 45.7 Å². The first-order valence-electron chi connectivity index (χ1n) is 15.2. The Morgan fingerprint density at radius 1 is 1.00 bits per heavy atom. The van der Waals surface area contributed by atoms with Gasteiger partial charge in [-0.15, -0.1) is 0 Å². The van der Waals surface area contributed by atoms with E-state index in [0.717, 1.165) is 11.3 Å². The maximum atomic E-state index is 13.9. The third kappa shape index (κ3) is 7.51. The number of aromatic amines is 1. The molecule has 236 valence electrons. The molecule has 4 aromatic rings. The van der Waals surface area contributed by atoms with Crippen LogP contribution in [-0.4, -0.2) is 82.0 Å². The predicted molar refractivity (Wildman–Crippen MR) is 175 cm³/mol. The van der Waals surface area contributed by atoms with Crippen LogP contribution < -0.4 is 4.90 Å². The van der Waals surface area contributed by atoms with Crippen LogP contribution in [0.2, 0.25) is 0 Å². The van der Waals surface area contributed by atoms with Crippen LogP contribution in [0.4, 0.5) is 20.6 Å². The van der Waals surface area contributed by atoms with Crippen molar-refractivity contribution < 1.29 is 23.8 Å². The van der Waals surface area contributed by atoms with Crippen molar-refractivity contribution in [3.05, 3.63) is 89.7 Å². The molecule has 1 fully saturated rings. The second-order valence-electron chi connectivity index (χ2n) is 12.5. The lowest BCUT2D eigenvalue weighted by atomic mass is 10.0. The van der Waals surface area contributed by atoms with Crippen LogP contribution in [-0.2, 0) is 9.53 Å². The van der Waals surface area contributed by atoms with Gasteiger partial charge in [0.2, 0.25) is 5.91 Å². The number of halogens is 1. The summed E-state index contributed by atoms with van der Waals surface area (Å²) in [6, 6.07) is 21.1. The summed E-state index contributed by atoms with van der Waals surface area (Å²) >= 11 is 0. The fourth-order valence-corrected chi connectivity index (χ4v) is 5.49. The number of H-pyrrole nitrogens is 1. The Balaban J connectivity index is 1.35. The van der Waals surface area contributed by atoms with Crippen molar-refractivity contribution in [2.45, 2.75) is 46.3 Å². The van der Waals surface area contributed by atoms with Crippen LogP contribution >= 0.6 is 0 Å². The zero-order valence-electron chi connectivity index (χ0n) is 26.4. The quantitative estimate of drug-likeness (QED) is 0.233. The monoisotopic (exact) mass is 613 g/mol. The number of aliphatic imine (C=N–C) groups is 1. The number of rotatable bonds is 7. The van der Waals surface area contributed by atoms with Gasteiger partial charge in [-0.05, 0) is 77.1 Å². The molecule has 1 aliphatic rings. The van der Waals surface area contributed by atoms with E-state index >= 15 is 0 Å². The largest absolute Gasteiger partial charge is 0.494 e. The van der Waals surface area contributed by atoms with Crippen molar-refractivity contribution in [1.82, 2.24) is 14.8 Å². The molecule has 2 amide bonds. The summed E-state index contributed by atoms with van der Waals surface area (Å²) in [5.41, 5.74) is 3.08. The lowest BCUT2D eigenvalue weighted by Gasteiger charge is -2.36. The first kappa shape index (κ1) is 31.7. The lowest BCUT2D eigenvalue weighted by molar-refractivity contribution is -0.120. The van der Waals surface area contributed by atoms with Gasteiger partial charge in [-0.3, -0.25) is 9.69 Å². The number of benzene rings is 3. The summed E-state index contributed by atoms with van der Waals surface area (Å²) in [5.74, 6) is -0.539. The Kier molecular flexibility index (Phi) is 9.24. The lowest BCUT2D eigenvalue weighted by Crippen LogP contribution is -2.53. The average Bonchev–Trinajstić information content (AvgIpc) is 3.30. The van der Waals surface area contributed by atoms with Crippen molar-refractivity contribution in [1.29, 1.82) is 0 Å². The van der Waals surface area contributed by atoms with E-state index in [9.17, 15) is 19.1 Å². The van der Waals surface area contributed by atoms with E-state index in [-0.39, 0.29) is 30.5 Å². The number of ether oxygens (including phenoxy) is 1. The molecular formula is C35H40FN5O4. The number of piperazine rings is 1. The number of hydrogen-bond acceptors (Lipinski definition) is 6. The molecule has 0 saturated carbocycles. The molecule has 1 saturated heterocycles. The van der Waals surface area contributed by atoms with Gasteiger partial charge in [0.1, 0.15) is 11.4 Å². The molecule has 1 aromatic heterocycles. The number of hydrogen-bond donors (Lipinski definition) is 2. The Labute approximate surface area is 262 Å². The molecule has 2 N–H and O–H groups in total. The molecule has 0 radical (unpaired) electrons. The molecule has 45 heavy (non-hydrogen) atoms. The molecule has 0 atom stereocenters. The fourth-order valence-electron chi connectivity index (χ4n) is 5.49. The van der Waals surface area contributed by atoms with Crippen LogP contribution in [0.25, 0.3) is 10.9 Å². The number of aromatic hydroxyl groups is 1. The van der Waals surface area contributed by atoms with E-state index < -0.39 is 11.4 Å². The second-order valence-corrected chi connectivity index (χ2v) is 12.5. The minimum Gasteiger partial charge on any atom is -0.494 e. The minimum absolute atomic E-state index is 0.0344. The highest BCUT2D eigenvalue weighted by molar-refractivity contribution is 6.21. The maximum absolute atomic E-state index is 13.9. The number of fused-ring (bicyclic) bond motifs is 1. The molecule has 3 aromatic carbocycles. The summed E-state index contributed by atoms with van der Waals surface area (Å²) in [6.07, 6.45) is -0.329.